The molecule has 0 spiro atoms. The van der Waals surface area contributed by atoms with Crippen molar-refractivity contribution < 1.29 is 9.15 Å². The van der Waals surface area contributed by atoms with Crippen LogP contribution in [0.2, 0.25) is 0 Å². The molecule has 0 aliphatic heterocycles. The first kappa shape index (κ1) is 13.4. The summed E-state index contributed by atoms with van der Waals surface area (Å²) in [6.45, 7) is 4.38. The average Bonchev–Trinajstić information content (AvgIpc) is 2.93. The van der Waals surface area contributed by atoms with Crippen molar-refractivity contribution in [2.75, 3.05) is 19.0 Å². The molecule has 0 bridgehead atoms. The third-order valence-corrected chi connectivity index (χ3v) is 3.07. The van der Waals surface area contributed by atoms with Gasteiger partial charge in [-0.1, -0.05) is 18.2 Å². The molecule has 21 heavy (non-hydrogen) atoms. The number of aromatic nitrogens is 3. The van der Waals surface area contributed by atoms with Gasteiger partial charge < -0.3 is 14.5 Å². The van der Waals surface area contributed by atoms with E-state index in [9.17, 15) is 0 Å². The molecule has 0 amide bonds. The SMILES string of the molecule is CCOc1nc(NC)nc(-c2cc3cccc(C)c3o2)n1. The molecule has 0 saturated heterocycles. The van der Waals surface area contributed by atoms with Crippen LogP contribution >= 0.6 is 0 Å². The van der Waals surface area contributed by atoms with Gasteiger partial charge in [0.1, 0.15) is 5.58 Å². The Labute approximate surface area is 122 Å². The number of rotatable bonds is 4. The molecule has 0 radical (unpaired) electrons. The summed E-state index contributed by atoms with van der Waals surface area (Å²) in [6, 6.07) is 8.21. The lowest BCUT2D eigenvalue weighted by molar-refractivity contribution is 0.312. The number of ether oxygens (including phenoxy) is 1. The standard InChI is InChI=1S/C15H16N4O2/c1-4-20-15-18-13(17-14(16-3)19-15)11-8-10-7-5-6-9(2)12(10)21-11/h5-8H,4H2,1-3H3,(H,16,17,18,19). The Morgan fingerprint density at radius 1 is 1.24 bits per heavy atom. The van der Waals surface area contributed by atoms with Crippen molar-refractivity contribution in [1.29, 1.82) is 0 Å². The monoisotopic (exact) mass is 284 g/mol. The van der Waals surface area contributed by atoms with E-state index in [1.165, 1.54) is 0 Å². The van der Waals surface area contributed by atoms with E-state index >= 15 is 0 Å². The fourth-order valence-corrected chi connectivity index (χ4v) is 2.09. The van der Waals surface area contributed by atoms with Crippen molar-refractivity contribution in [3.63, 3.8) is 0 Å². The molecule has 2 aromatic heterocycles. The van der Waals surface area contributed by atoms with E-state index < -0.39 is 0 Å². The number of nitrogens with one attached hydrogen (secondary N) is 1. The van der Waals surface area contributed by atoms with Crippen molar-refractivity contribution in [1.82, 2.24) is 15.0 Å². The zero-order valence-electron chi connectivity index (χ0n) is 12.2. The Bertz CT molecular complexity index is 782. The second-order valence-electron chi connectivity index (χ2n) is 4.55. The summed E-state index contributed by atoms with van der Waals surface area (Å²) < 4.78 is 11.2. The van der Waals surface area contributed by atoms with E-state index in [1.54, 1.807) is 7.05 Å². The van der Waals surface area contributed by atoms with E-state index in [4.69, 9.17) is 9.15 Å². The first-order chi connectivity index (χ1) is 10.2. The topological polar surface area (TPSA) is 73.1 Å². The summed E-state index contributed by atoms with van der Waals surface area (Å²) in [7, 11) is 1.75. The zero-order valence-corrected chi connectivity index (χ0v) is 12.2. The van der Waals surface area contributed by atoms with Gasteiger partial charge in [0.15, 0.2) is 5.76 Å². The van der Waals surface area contributed by atoms with Crippen molar-refractivity contribution in [2.45, 2.75) is 13.8 Å². The fourth-order valence-electron chi connectivity index (χ4n) is 2.09. The maximum Gasteiger partial charge on any atom is 0.321 e. The molecule has 2 heterocycles. The summed E-state index contributed by atoms with van der Waals surface area (Å²) in [4.78, 5) is 12.8. The normalized spacial score (nSPS) is 10.8. The Morgan fingerprint density at radius 2 is 2.10 bits per heavy atom. The largest absolute Gasteiger partial charge is 0.464 e. The van der Waals surface area contributed by atoms with Crippen molar-refractivity contribution in [2.24, 2.45) is 0 Å². The van der Waals surface area contributed by atoms with Gasteiger partial charge in [0.2, 0.25) is 11.8 Å². The Morgan fingerprint density at radius 3 is 2.81 bits per heavy atom. The molecule has 6 nitrogen and oxygen atoms in total. The van der Waals surface area contributed by atoms with E-state index in [0.717, 1.165) is 16.5 Å². The minimum Gasteiger partial charge on any atom is -0.464 e. The number of benzene rings is 1. The van der Waals surface area contributed by atoms with E-state index in [0.29, 0.717) is 24.1 Å². The molecule has 3 rings (SSSR count). The molecule has 0 atom stereocenters. The first-order valence-electron chi connectivity index (χ1n) is 6.77. The van der Waals surface area contributed by atoms with Crippen LogP contribution in [0.3, 0.4) is 0 Å². The van der Waals surface area contributed by atoms with Crippen LogP contribution in [0.5, 0.6) is 6.01 Å². The number of nitrogens with zero attached hydrogens (tertiary/aromatic N) is 3. The lowest BCUT2D eigenvalue weighted by Crippen LogP contribution is -2.04. The lowest BCUT2D eigenvalue weighted by atomic mass is 10.2. The molecule has 6 heteroatoms. The second kappa shape index (κ2) is 5.40. The molecule has 0 saturated carbocycles. The molecule has 0 aliphatic carbocycles. The highest BCUT2D eigenvalue weighted by Gasteiger charge is 2.14. The molecule has 0 unspecified atom stereocenters. The smallest absolute Gasteiger partial charge is 0.321 e. The van der Waals surface area contributed by atoms with Crippen LogP contribution in [-0.4, -0.2) is 28.6 Å². The maximum absolute atomic E-state index is 5.88. The van der Waals surface area contributed by atoms with Gasteiger partial charge in [0.25, 0.3) is 0 Å². The summed E-state index contributed by atoms with van der Waals surface area (Å²) >= 11 is 0. The number of furan rings is 1. The molecular formula is C15H16N4O2. The third kappa shape index (κ3) is 2.52. The van der Waals surface area contributed by atoms with E-state index in [2.05, 4.69) is 20.3 Å². The highest BCUT2D eigenvalue weighted by atomic mass is 16.5. The minimum absolute atomic E-state index is 0.282. The Hall–Kier alpha value is -2.63. The van der Waals surface area contributed by atoms with Crippen LogP contribution in [0.25, 0.3) is 22.6 Å². The maximum atomic E-state index is 5.88. The van der Waals surface area contributed by atoms with Gasteiger partial charge in [0, 0.05) is 12.4 Å². The highest BCUT2D eigenvalue weighted by molar-refractivity contribution is 5.84. The fraction of sp³-hybridized carbons (Fsp3) is 0.267. The molecule has 1 aromatic carbocycles. The van der Waals surface area contributed by atoms with Gasteiger partial charge in [0.05, 0.1) is 6.61 Å². The highest BCUT2D eigenvalue weighted by Crippen LogP contribution is 2.28. The number of hydrogen-bond acceptors (Lipinski definition) is 6. The molecular weight excluding hydrogens is 268 g/mol. The summed E-state index contributed by atoms with van der Waals surface area (Å²) in [5.41, 5.74) is 1.92. The summed E-state index contributed by atoms with van der Waals surface area (Å²) in [5.74, 6) is 1.49. The van der Waals surface area contributed by atoms with Gasteiger partial charge in [-0.15, -0.1) is 0 Å². The molecule has 108 valence electrons. The number of aryl methyl sites for hydroxylation is 1. The predicted molar refractivity (Wildman–Crippen MR) is 80.5 cm³/mol. The quantitative estimate of drug-likeness (QED) is 0.794. The van der Waals surface area contributed by atoms with Crippen LogP contribution in [0.1, 0.15) is 12.5 Å². The van der Waals surface area contributed by atoms with Gasteiger partial charge in [-0.2, -0.15) is 15.0 Å². The van der Waals surface area contributed by atoms with E-state index in [-0.39, 0.29) is 6.01 Å². The average molecular weight is 284 g/mol. The second-order valence-corrected chi connectivity index (χ2v) is 4.55. The number of para-hydroxylation sites is 1. The lowest BCUT2D eigenvalue weighted by Gasteiger charge is -2.05. The van der Waals surface area contributed by atoms with Crippen molar-refractivity contribution >= 4 is 16.9 Å². The first-order valence-corrected chi connectivity index (χ1v) is 6.77. The molecule has 0 aliphatic rings. The van der Waals surface area contributed by atoms with Gasteiger partial charge in [-0.3, -0.25) is 0 Å². The number of hydrogen-bond donors (Lipinski definition) is 1. The third-order valence-electron chi connectivity index (χ3n) is 3.07. The van der Waals surface area contributed by atoms with Gasteiger partial charge in [-0.25, -0.2) is 0 Å². The van der Waals surface area contributed by atoms with Gasteiger partial charge >= 0.3 is 6.01 Å². The van der Waals surface area contributed by atoms with Crippen LogP contribution < -0.4 is 10.1 Å². The van der Waals surface area contributed by atoms with Crippen LogP contribution in [0.4, 0.5) is 5.95 Å². The Balaban J connectivity index is 2.12. The van der Waals surface area contributed by atoms with Crippen molar-refractivity contribution in [3.8, 4) is 17.6 Å². The van der Waals surface area contributed by atoms with Crippen LogP contribution in [0.15, 0.2) is 28.7 Å². The molecule has 1 N–H and O–H groups in total. The Kier molecular flexibility index (Phi) is 3.43. The van der Waals surface area contributed by atoms with Crippen molar-refractivity contribution in [3.05, 3.63) is 29.8 Å². The van der Waals surface area contributed by atoms with E-state index in [1.807, 2.05) is 38.1 Å². The predicted octanol–water partition coefficient (Wildman–Crippen LogP) is 3.03. The van der Waals surface area contributed by atoms with Gasteiger partial charge in [-0.05, 0) is 25.5 Å². The minimum atomic E-state index is 0.282. The molecule has 0 fully saturated rings. The zero-order chi connectivity index (χ0) is 14.8. The summed E-state index contributed by atoms with van der Waals surface area (Å²) in [6.07, 6.45) is 0. The number of fused-ring (bicyclic) bond motifs is 1. The summed E-state index contributed by atoms with van der Waals surface area (Å²) in [5, 5.41) is 3.92. The molecule has 3 aromatic rings. The van der Waals surface area contributed by atoms with Crippen LogP contribution in [0, 0.1) is 6.92 Å². The number of anilines is 1. The van der Waals surface area contributed by atoms with Crippen LogP contribution in [-0.2, 0) is 0 Å².